The molecule has 0 spiro atoms. The maximum Gasteiger partial charge on any atom is 0.234 e. The normalized spacial score (nSPS) is 20.3. The van der Waals surface area contributed by atoms with Crippen LogP contribution in [0.25, 0.3) is 0 Å². The highest BCUT2D eigenvalue weighted by atomic mass is 16.5. The summed E-state index contributed by atoms with van der Waals surface area (Å²) in [6, 6.07) is 8.03. The average Bonchev–Trinajstić information content (AvgIpc) is 2.77. The number of piperidine rings is 1. The number of carbonyl (C=O) groups is 1. The highest BCUT2D eigenvalue weighted by Crippen LogP contribution is 2.24. The predicted molar refractivity (Wildman–Crippen MR) is 120 cm³/mol. The SMILES string of the molecule is COc1ccc(C(NC(=O)CN2CCC(CCN3CCOCC3)CC2)C(C)C)cc1. The number of ether oxygens (including phenoxy) is 2. The van der Waals surface area contributed by atoms with Crippen LogP contribution in [0.1, 0.15) is 44.7 Å². The number of methoxy groups -OCH3 is 1. The molecule has 6 heteroatoms. The third-order valence-corrected chi connectivity index (χ3v) is 6.49. The molecule has 6 nitrogen and oxygen atoms in total. The van der Waals surface area contributed by atoms with Crippen molar-refractivity contribution < 1.29 is 14.3 Å². The first-order valence-corrected chi connectivity index (χ1v) is 11.5. The molecule has 0 bridgehead atoms. The van der Waals surface area contributed by atoms with E-state index in [2.05, 4.69) is 29.0 Å². The first-order chi connectivity index (χ1) is 14.5. The van der Waals surface area contributed by atoms with Gasteiger partial charge in [0.1, 0.15) is 5.75 Å². The van der Waals surface area contributed by atoms with Crippen LogP contribution in [-0.4, -0.2) is 75.3 Å². The molecule has 1 atom stereocenters. The Balaban J connectivity index is 1.40. The van der Waals surface area contributed by atoms with E-state index in [0.29, 0.717) is 12.5 Å². The Morgan fingerprint density at radius 3 is 2.37 bits per heavy atom. The monoisotopic (exact) mass is 417 g/mol. The molecule has 2 aliphatic heterocycles. The molecule has 1 unspecified atom stereocenters. The second kappa shape index (κ2) is 11.7. The lowest BCUT2D eigenvalue weighted by Gasteiger charge is -2.34. The molecule has 0 saturated carbocycles. The molecule has 168 valence electrons. The van der Waals surface area contributed by atoms with Crippen molar-refractivity contribution in [3.63, 3.8) is 0 Å². The number of likely N-dealkylation sites (tertiary alicyclic amines) is 1. The Hall–Kier alpha value is -1.63. The second-order valence-electron chi connectivity index (χ2n) is 9.02. The molecular formula is C24H39N3O3. The number of nitrogens with zero attached hydrogens (tertiary/aromatic N) is 2. The fourth-order valence-corrected chi connectivity index (χ4v) is 4.49. The van der Waals surface area contributed by atoms with Crippen molar-refractivity contribution in [3.8, 4) is 5.75 Å². The maximum absolute atomic E-state index is 12.7. The number of hydrogen-bond acceptors (Lipinski definition) is 5. The van der Waals surface area contributed by atoms with Crippen LogP contribution in [0.3, 0.4) is 0 Å². The molecule has 2 saturated heterocycles. The van der Waals surface area contributed by atoms with Gasteiger partial charge in [-0.25, -0.2) is 0 Å². The zero-order chi connectivity index (χ0) is 21.3. The summed E-state index contributed by atoms with van der Waals surface area (Å²) in [5, 5.41) is 3.26. The summed E-state index contributed by atoms with van der Waals surface area (Å²) in [6.07, 6.45) is 3.67. The number of carbonyl (C=O) groups excluding carboxylic acids is 1. The van der Waals surface area contributed by atoms with Gasteiger partial charge in [0.05, 0.1) is 32.9 Å². The van der Waals surface area contributed by atoms with Gasteiger partial charge in [-0.2, -0.15) is 0 Å². The number of nitrogens with one attached hydrogen (secondary N) is 1. The number of morpholine rings is 1. The minimum absolute atomic E-state index is 0.0227. The van der Waals surface area contributed by atoms with E-state index in [1.165, 1.54) is 25.8 Å². The van der Waals surface area contributed by atoms with E-state index in [9.17, 15) is 4.79 Å². The summed E-state index contributed by atoms with van der Waals surface area (Å²) in [7, 11) is 1.67. The number of amides is 1. The minimum atomic E-state index is 0.0227. The summed E-state index contributed by atoms with van der Waals surface area (Å²) in [5.74, 6) is 2.07. The molecule has 0 radical (unpaired) electrons. The Bertz CT molecular complexity index is 636. The fraction of sp³-hybridized carbons (Fsp3) is 0.708. The molecule has 2 aliphatic rings. The summed E-state index contributed by atoms with van der Waals surface area (Å²) < 4.78 is 10.7. The van der Waals surface area contributed by atoms with Crippen LogP contribution in [0.5, 0.6) is 5.75 Å². The molecule has 2 fully saturated rings. The molecule has 1 N–H and O–H groups in total. The fourth-order valence-electron chi connectivity index (χ4n) is 4.49. The second-order valence-corrected chi connectivity index (χ2v) is 9.02. The van der Waals surface area contributed by atoms with Gasteiger partial charge in [0.25, 0.3) is 0 Å². The Morgan fingerprint density at radius 1 is 1.10 bits per heavy atom. The van der Waals surface area contributed by atoms with Crippen LogP contribution in [-0.2, 0) is 9.53 Å². The molecule has 2 heterocycles. The van der Waals surface area contributed by atoms with Crippen molar-refractivity contribution in [2.45, 2.75) is 39.2 Å². The van der Waals surface area contributed by atoms with Crippen LogP contribution in [0.4, 0.5) is 0 Å². The summed E-state index contributed by atoms with van der Waals surface area (Å²) in [5.41, 5.74) is 1.13. The van der Waals surface area contributed by atoms with E-state index in [0.717, 1.165) is 56.6 Å². The maximum atomic E-state index is 12.7. The quantitative estimate of drug-likeness (QED) is 0.670. The van der Waals surface area contributed by atoms with Gasteiger partial charge >= 0.3 is 0 Å². The van der Waals surface area contributed by atoms with E-state index >= 15 is 0 Å². The first kappa shape index (κ1) is 23.0. The van der Waals surface area contributed by atoms with Gasteiger partial charge in [-0.3, -0.25) is 14.6 Å². The number of hydrogen-bond donors (Lipinski definition) is 1. The van der Waals surface area contributed by atoms with Gasteiger partial charge in [-0.1, -0.05) is 26.0 Å². The van der Waals surface area contributed by atoms with E-state index in [4.69, 9.17) is 9.47 Å². The highest BCUT2D eigenvalue weighted by molar-refractivity contribution is 5.78. The van der Waals surface area contributed by atoms with Gasteiger partial charge in [0, 0.05) is 13.1 Å². The minimum Gasteiger partial charge on any atom is -0.497 e. The highest BCUT2D eigenvalue weighted by Gasteiger charge is 2.24. The Morgan fingerprint density at radius 2 is 1.77 bits per heavy atom. The van der Waals surface area contributed by atoms with Crippen LogP contribution in [0, 0.1) is 11.8 Å². The van der Waals surface area contributed by atoms with Gasteiger partial charge in [0.15, 0.2) is 0 Å². The van der Waals surface area contributed by atoms with Gasteiger partial charge in [-0.15, -0.1) is 0 Å². The largest absolute Gasteiger partial charge is 0.497 e. The smallest absolute Gasteiger partial charge is 0.234 e. The Labute approximate surface area is 181 Å². The van der Waals surface area contributed by atoms with Crippen LogP contribution in [0.15, 0.2) is 24.3 Å². The van der Waals surface area contributed by atoms with Crippen molar-refractivity contribution in [1.82, 2.24) is 15.1 Å². The summed E-state index contributed by atoms with van der Waals surface area (Å²) in [6.45, 7) is 11.9. The van der Waals surface area contributed by atoms with Crippen molar-refractivity contribution in [1.29, 1.82) is 0 Å². The van der Waals surface area contributed by atoms with Crippen molar-refractivity contribution >= 4 is 5.91 Å². The van der Waals surface area contributed by atoms with E-state index in [1.54, 1.807) is 7.11 Å². The van der Waals surface area contributed by atoms with Crippen LogP contribution < -0.4 is 10.1 Å². The lowest BCUT2D eigenvalue weighted by atomic mass is 9.93. The Kier molecular flexibility index (Phi) is 8.97. The van der Waals surface area contributed by atoms with Gasteiger partial charge in [0.2, 0.25) is 5.91 Å². The molecule has 0 aliphatic carbocycles. The molecule has 30 heavy (non-hydrogen) atoms. The van der Waals surface area contributed by atoms with E-state index < -0.39 is 0 Å². The van der Waals surface area contributed by atoms with Gasteiger partial charge < -0.3 is 14.8 Å². The molecular weight excluding hydrogens is 378 g/mol. The molecule has 1 amide bonds. The van der Waals surface area contributed by atoms with E-state index in [-0.39, 0.29) is 11.9 Å². The molecule has 1 aromatic rings. The van der Waals surface area contributed by atoms with Crippen molar-refractivity contribution in [3.05, 3.63) is 29.8 Å². The molecule has 3 rings (SSSR count). The zero-order valence-corrected chi connectivity index (χ0v) is 18.9. The molecule has 0 aromatic heterocycles. The third-order valence-electron chi connectivity index (χ3n) is 6.49. The predicted octanol–water partition coefficient (Wildman–Crippen LogP) is 2.94. The van der Waals surface area contributed by atoms with Crippen LogP contribution in [0.2, 0.25) is 0 Å². The topological polar surface area (TPSA) is 54.0 Å². The lowest BCUT2D eigenvalue weighted by molar-refractivity contribution is -0.123. The van der Waals surface area contributed by atoms with Crippen molar-refractivity contribution in [2.24, 2.45) is 11.8 Å². The molecule has 1 aromatic carbocycles. The van der Waals surface area contributed by atoms with Crippen molar-refractivity contribution in [2.75, 3.05) is 59.6 Å². The third kappa shape index (κ3) is 6.96. The van der Waals surface area contributed by atoms with Crippen LogP contribution >= 0.6 is 0 Å². The number of benzene rings is 1. The van der Waals surface area contributed by atoms with Gasteiger partial charge in [-0.05, 0) is 68.4 Å². The standard InChI is InChI=1S/C24H39N3O3/c1-19(2)24(21-4-6-22(29-3)7-5-21)25-23(28)18-27-12-9-20(10-13-27)8-11-26-14-16-30-17-15-26/h4-7,19-20,24H,8-18H2,1-3H3,(H,25,28). The number of rotatable bonds is 9. The van der Waals surface area contributed by atoms with E-state index in [1.807, 2.05) is 24.3 Å². The lowest BCUT2D eigenvalue weighted by Crippen LogP contribution is -2.44. The first-order valence-electron chi connectivity index (χ1n) is 11.5. The zero-order valence-electron chi connectivity index (χ0n) is 18.9. The summed E-state index contributed by atoms with van der Waals surface area (Å²) in [4.78, 5) is 17.6. The average molecular weight is 418 g/mol. The summed E-state index contributed by atoms with van der Waals surface area (Å²) >= 11 is 0.